The molecule has 1 aliphatic heterocycles. The fraction of sp³-hybridized carbons (Fsp3) is 0.632. The van der Waals surface area contributed by atoms with Crippen molar-refractivity contribution >= 4 is 22.8 Å². The quantitative estimate of drug-likeness (QED) is 0.173. The van der Waals surface area contributed by atoms with Gasteiger partial charge in [0.25, 0.3) is 11.8 Å². The van der Waals surface area contributed by atoms with E-state index >= 15 is 0 Å². The lowest BCUT2D eigenvalue weighted by atomic mass is 9.64. The minimum Gasteiger partial charge on any atom is -0.490 e. The first-order valence-corrected chi connectivity index (χ1v) is 18.4. The first kappa shape index (κ1) is 38.9. The van der Waals surface area contributed by atoms with Crippen molar-refractivity contribution in [2.24, 2.45) is 23.7 Å². The summed E-state index contributed by atoms with van der Waals surface area (Å²) < 4.78 is 84.1. The van der Waals surface area contributed by atoms with Gasteiger partial charge in [0.15, 0.2) is 11.5 Å². The largest absolute Gasteiger partial charge is 0.490 e. The summed E-state index contributed by atoms with van der Waals surface area (Å²) >= 11 is 0. The highest BCUT2D eigenvalue weighted by atomic mass is 19.4. The molecule has 15 heteroatoms. The van der Waals surface area contributed by atoms with E-state index in [2.05, 4.69) is 15.3 Å². The normalized spacial score (nSPS) is 23.5. The molecule has 10 nitrogen and oxygen atoms in total. The Hall–Kier alpha value is -3.85. The van der Waals surface area contributed by atoms with Crippen molar-refractivity contribution in [2.45, 2.75) is 89.5 Å². The third-order valence-corrected chi connectivity index (χ3v) is 10.9. The fourth-order valence-electron chi connectivity index (χ4n) is 8.87. The topological polar surface area (TPSA) is 119 Å². The van der Waals surface area contributed by atoms with E-state index in [0.717, 1.165) is 45.2 Å². The van der Waals surface area contributed by atoms with Gasteiger partial charge in [-0.3, -0.25) is 14.5 Å². The summed E-state index contributed by atoms with van der Waals surface area (Å²) in [5, 5.41) is 12.5. The maximum absolute atomic E-state index is 14.5. The number of alkyl halides is 5. The van der Waals surface area contributed by atoms with E-state index in [4.69, 9.17) is 9.47 Å². The zero-order valence-corrected chi connectivity index (χ0v) is 30.3. The monoisotopic (exact) mass is 749 g/mol. The number of amides is 1. The second-order valence-electron chi connectivity index (χ2n) is 15.5. The summed E-state index contributed by atoms with van der Waals surface area (Å²) in [6.07, 6.45) is 3.06. The number of likely N-dealkylation sites (tertiary alicyclic amines) is 1. The Kier molecular flexibility index (Phi) is 11.6. The standard InChI is InChI=1S/C38H48F5N5O5/c1-22(20-52-3)48-19-31(29-5-4-28(16-32(29)48)53-27-6-8-47(9-7-27)21-37(2,39)40)35-44-18-30(34(46-35)38(41,42)43)36(51)45-17-26-13-23-10-24(14-26)12-25(11-23)15-33(49)50/h4-5,16,18-19,22-27H,6-15,17,20-21H2,1-3H3,(H,45,51)(H,49,50)/t22-,23?,24?,25?,26?/m1/s1. The van der Waals surface area contributed by atoms with Crippen LogP contribution in [0.15, 0.2) is 30.6 Å². The molecule has 290 valence electrons. The summed E-state index contributed by atoms with van der Waals surface area (Å²) in [6, 6.07) is 5.04. The molecule has 1 aromatic carbocycles. The van der Waals surface area contributed by atoms with E-state index in [9.17, 15) is 36.6 Å². The van der Waals surface area contributed by atoms with Crippen LogP contribution in [0.5, 0.6) is 5.75 Å². The Bertz CT molecular complexity index is 1760. The van der Waals surface area contributed by atoms with Gasteiger partial charge in [-0.15, -0.1) is 0 Å². The van der Waals surface area contributed by atoms with Crippen molar-refractivity contribution in [1.82, 2.24) is 24.8 Å². The number of carboxylic acids is 1. The van der Waals surface area contributed by atoms with Crippen LogP contribution < -0.4 is 10.1 Å². The van der Waals surface area contributed by atoms with Crippen molar-refractivity contribution in [2.75, 3.05) is 39.9 Å². The van der Waals surface area contributed by atoms with Crippen LogP contribution in [0.3, 0.4) is 0 Å². The van der Waals surface area contributed by atoms with E-state index in [-0.39, 0.29) is 49.3 Å². The van der Waals surface area contributed by atoms with Crippen LogP contribution in [0.25, 0.3) is 22.3 Å². The fourth-order valence-corrected chi connectivity index (χ4v) is 8.87. The van der Waals surface area contributed by atoms with E-state index < -0.39 is 35.2 Å². The minimum atomic E-state index is -4.93. The molecule has 2 unspecified atom stereocenters. The van der Waals surface area contributed by atoms with E-state index in [1.807, 2.05) is 11.5 Å². The zero-order valence-electron chi connectivity index (χ0n) is 30.3. The molecule has 3 aromatic rings. The molecule has 0 radical (unpaired) electrons. The molecule has 1 amide bonds. The first-order valence-electron chi connectivity index (χ1n) is 18.4. The van der Waals surface area contributed by atoms with Crippen LogP contribution in [0, 0.1) is 23.7 Å². The molecule has 2 bridgehead atoms. The first-order chi connectivity index (χ1) is 25.1. The van der Waals surface area contributed by atoms with Gasteiger partial charge < -0.3 is 24.5 Å². The number of aliphatic carboxylic acids is 1. The predicted molar refractivity (Wildman–Crippen MR) is 187 cm³/mol. The highest BCUT2D eigenvalue weighted by Crippen LogP contribution is 2.46. The van der Waals surface area contributed by atoms with Gasteiger partial charge >= 0.3 is 12.1 Å². The van der Waals surface area contributed by atoms with Gasteiger partial charge in [-0.25, -0.2) is 18.7 Å². The van der Waals surface area contributed by atoms with Crippen LogP contribution in [0.1, 0.15) is 87.3 Å². The van der Waals surface area contributed by atoms with Crippen molar-refractivity contribution in [3.8, 4) is 17.1 Å². The molecule has 3 atom stereocenters. The SMILES string of the molecule is COC[C@@H](C)n1cc(-c2ncc(C(=O)NCC3CC4CC(CC(=O)O)CC(C3)C4)c(C(F)(F)F)n2)c2ccc(OC3CCN(CC(C)(F)F)CC3)cc21. The zero-order chi connectivity index (χ0) is 38.1. The highest BCUT2D eigenvalue weighted by molar-refractivity contribution is 5.97. The molecule has 3 aliphatic rings. The molecule has 1 saturated heterocycles. The average molecular weight is 750 g/mol. The van der Waals surface area contributed by atoms with Crippen LogP contribution >= 0.6 is 0 Å². The molecule has 53 heavy (non-hydrogen) atoms. The Morgan fingerprint density at radius 3 is 2.34 bits per heavy atom. The smallest absolute Gasteiger partial charge is 0.434 e. The van der Waals surface area contributed by atoms with Gasteiger partial charge in [-0.05, 0) is 87.7 Å². The summed E-state index contributed by atoms with van der Waals surface area (Å²) in [6.45, 7) is 4.00. The lowest BCUT2D eigenvalue weighted by Crippen LogP contribution is -2.43. The lowest BCUT2D eigenvalue weighted by molar-refractivity contribution is -0.141. The summed E-state index contributed by atoms with van der Waals surface area (Å²) in [4.78, 5) is 34.4. The number of benzene rings is 1. The van der Waals surface area contributed by atoms with E-state index in [1.54, 1.807) is 36.4 Å². The highest BCUT2D eigenvalue weighted by Gasteiger charge is 2.40. The summed E-state index contributed by atoms with van der Waals surface area (Å²) in [7, 11) is 1.55. The number of nitrogens with zero attached hydrogens (tertiary/aromatic N) is 4. The lowest BCUT2D eigenvalue weighted by Gasteiger charge is -2.42. The summed E-state index contributed by atoms with van der Waals surface area (Å²) in [5.41, 5.74) is -0.971. The number of carbonyl (C=O) groups excluding carboxylic acids is 1. The maximum Gasteiger partial charge on any atom is 0.434 e. The molecule has 2 aliphatic carbocycles. The molecular formula is C38H48F5N5O5. The molecule has 0 spiro atoms. The number of hydrogen-bond donors (Lipinski definition) is 2. The van der Waals surface area contributed by atoms with Crippen molar-refractivity contribution < 1.29 is 46.1 Å². The number of carboxylic acid groups (broad SMARTS) is 1. The van der Waals surface area contributed by atoms with Crippen LogP contribution in [-0.2, 0) is 15.7 Å². The van der Waals surface area contributed by atoms with Gasteiger partial charge in [0.2, 0.25) is 0 Å². The third-order valence-electron chi connectivity index (χ3n) is 10.9. The number of hydrogen-bond acceptors (Lipinski definition) is 7. The van der Waals surface area contributed by atoms with E-state index in [0.29, 0.717) is 66.6 Å². The van der Waals surface area contributed by atoms with Gasteiger partial charge in [0, 0.05) is 69.5 Å². The van der Waals surface area contributed by atoms with E-state index in [1.165, 1.54) is 0 Å². The molecule has 3 fully saturated rings. The second kappa shape index (κ2) is 15.9. The van der Waals surface area contributed by atoms with Crippen LogP contribution in [0.4, 0.5) is 22.0 Å². The number of piperidine rings is 1. The van der Waals surface area contributed by atoms with Gasteiger partial charge in [0.1, 0.15) is 11.9 Å². The average Bonchev–Trinajstić information content (AvgIpc) is 3.45. The Morgan fingerprint density at radius 1 is 1.04 bits per heavy atom. The van der Waals surface area contributed by atoms with Crippen molar-refractivity contribution in [3.05, 3.63) is 41.9 Å². The number of rotatable bonds is 13. The van der Waals surface area contributed by atoms with Crippen LogP contribution in [-0.4, -0.2) is 88.3 Å². The molecular weight excluding hydrogens is 701 g/mol. The number of aromatic nitrogens is 3. The predicted octanol–water partition coefficient (Wildman–Crippen LogP) is 7.47. The number of nitrogens with one attached hydrogen (secondary N) is 1. The molecule has 3 heterocycles. The Morgan fingerprint density at radius 2 is 1.72 bits per heavy atom. The summed E-state index contributed by atoms with van der Waals surface area (Å²) in [5.74, 6) is -3.18. The second-order valence-corrected chi connectivity index (χ2v) is 15.5. The van der Waals surface area contributed by atoms with Crippen molar-refractivity contribution in [3.63, 3.8) is 0 Å². The van der Waals surface area contributed by atoms with Gasteiger partial charge in [-0.2, -0.15) is 13.2 Å². The van der Waals surface area contributed by atoms with Gasteiger partial charge in [0.05, 0.1) is 30.3 Å². The Labute approximate surface area is 305 Å². The maximum atomic E-state index is 14.5. The molecule has 6 rings (SSSR count). The Balaban J connectivity index is 1.20. The number of carbonyl (C=O) groups is 2. The number of methoxy groups -OCH3 is 1. The third kappa shape index (κ3) is 9.64. The number of fused-ring (bicyclic) bond motifs is 3. The minimum absolute atomic E-state index is 0.0963. The van der Waals surface area contributed by atoms with Crippen molar-refractivity contribution in [1.29, 1.82) is 0 Å². The number of ether oxygens (including phenoxy) is 2. The van der Waals surface area contributed by atoms with Gasteiger partial charge in [-0.1, -0.05) is 0 Å². The molecule has 2 aromatic heterocycles. The molecule has 2 N–H and O–H groups in total. The number of halogens is 5. The molecule has 2 saturated carbocycles. The van der Waals surface area contributed by atoms with Crippen LogP contribution in [0.2, 0.25) is 0 Å².